The number of benzene rings is 1. The summed E-state index contributed by atoms with van der Waals surface area (Å²) < 4.78 is 1.13. The molecule has 1 unspecified atom stereocenters. The molecule has 0 radical (unpaired) electrons. The summed E-state index contributed by atoms with van der Waals surface area (Å²) in [5, 5.41) is 0. The van der Waals surface area contributed by atoms with Gasteiger partial charge in [-0.2, -0.15) is 0 Å². The van der Waals surface area contributed by atoms with Crippen LogP contribution in [-0.2, 0) is 0 Å². The SMILES string of the molecule is CCC1(CC)CCN(c2ccc(C(C)N)c(Br)c2)C1. The Kier molecular flexibility index (Phi) is 4.57. The van der Waals surface area contributed by atoms with Gasteiger partial charge in [0.25, 0.3) is 0 Å². The summed E-state index contributed by atoms with van der Waals surface area (Å²) in [4.78, 5) is 2.52. The Hall–Kier alpha value is -0.540. The first-order valence-corrected chi connectivity index (χ1v) is 8.10. The van der Waals surface area contributed by atoms with Gasteiger partial charge in [-0.1, -0.05) is 35.8 Å². The van der Waals surface area contributed by atoms with E-state index in [-0.39, 0.29) is 6.04 Å². The summed E-state index contributed by atoms with van der Waals surface area (Å²) in [5.41, 5.74) is 8.98. The molecule has 19 heavy (non-hydrogen) atoms. The van der Waals surface area contributed by atoms with Crippen LogP contribution in [0.15, 0.2) is 22.7 Å². The van der Waals surface area contributed by atoms with E-state index in [1.807, 2.05) is 6.92 Å². The van der Waals surface area contributed by atoms with Crippen LogP contribution in [0.2, 0.25) is 0 Å². The average Bonchev–Trinajstić information content (AvgIpc) is 2.83. The molecule has 2 rings (SSSR count). The van der Waals surface area contributed by atoms with E-state index in [2.05, 4.69) is 52.9 Å². The molecule has 0 saturated carbocycles. The van der Waals surface area contributed by atoms with Crippen LogP contribution < -0.4 is 10.6 Å². The van der Waals surface area contributed by atoms with E-state index < -0.39 is 0 Å². The number of hydrogen-bond acceptors (Lipinski definition) is 2. The lowest BCUT2D eigenvalue weighted by Gasteiger charge is -2.27. The molecule has 1 aromatic carbocycles. The fraction of sp³-hybridized carbons (Fsp3) is 0.625. The number of rotatable bonds is 4. The molecule has 2 N–H and O–H groups in total. The highest BCUT2D eigenvalue weighted by atomic mass is 79.9. The first-order valence-electron chi connectivity index (χ1n) is 7.31. The summed E-state index contributed by atoms with van der Waals surface area (Å²) in [6, 6.07) is 6.67. The zero-order valence-corrected chi connectivity index (χ0v) is 13.8. The Balaban J connectivity index is 2.18. The topological polar surface area (TPSA) is 29.3 Å². The van der Waals surface area contributed by atoms with Crippen molar-refractivity contribution in [3.63, 3.8) is 0 Å². The molecule has 1 atom stereocenters. The normalized spacial score (nSPS) is 19.7. The van der Waals surface area contributed by atoms with Gasteiger partial charge in [0.15, 0.2) is 0 Å². The number of nitrogens with two attached hydrogens (primary N) is 1. The fourth-order valence-corrected chi connectivity index (χ4v) is 3.79. The number of anilines is 1. The highest BCUT2D eigenvalue weighted by molar-refractivity contribution is 9.10. The molecule has 0 bridgehead atoms. The van der Waals surface area contributed by atoms with Gasteiger partial charge in [0.05, 0.1) is 0 Å². The van der Waals surface area contributed by atoms with Gasteiger partial charge in [0.1, 0.15) is 0 Å². The van der Waals surface area contributed by atoms with Gasteiger partial charge in [-0.3, -0.25) is 0 Å². The van der Waals surface area contributed by atoms with Gasteiger partial charge in [-0.05, 0) is 49.3 Å². The van der Waals surface area contributed by atoms with E-state index >= 15 is 0 Å². The van der Waals surface area contributed by atoms with Crippen molar-refractivity contribution >= 4 is 21.6 Å². The van der Waals surface area contributed by atoms with Gasteiger partial charge in [-0.15, -0.1) is 0 Å². The molecule has 0 aromatic heterocycles. The van der Waals surface area contributed by atoms with E-state index in [1.54, 1.807) is 0 Å². The van der Waals surface area contributed by atoms with E-state index in [0.717, 1.165) is 4.47 Å². The third kappa shape index (κ3) is 2.97. The minimum atomic E-state index is 0.0763. The lowest BCUT2D eigenvalue weighted by Crippen LogP contribution is -2.26. The molecular weight excluding hydrogens is 300 g/mol. The maximum absolute atomic E-state index is 5.96. The second-order valence-electron chi connectivity index (χ2n) is 5.87. The minimum absolute atomic E-state index is 0.0763. The van der Waals surface area contributed by atoms with Gasteiger partial charge in [-0.25, -0.2) is 0 Å². The fourth-order valence-electron chi connectivity index (χ4n) is 3.06. The third-order valence-corrected chi connectivity index (χ3v) is 5.46. The summed E-state index contributed by atoms with van der Waals surface area (Å²) in [6.45, 7) is 9.02. The maximum Gasteiger partial charge on any atom is 0.0377 e. The second kappa shape index (κ2) is 5.84. The van der Waals surface area contributed by atoms with Crippen molar-refractivity contribution in [2.75, 3.05) is 18.0 Å². The standard InChI is InChI=1S/C16H25BrN2/c1-4-16(5-2)8-9-19(11-16)13-6-7-14(12(3)18)15(17)10-13/h6-7,10,12H,4-5,8-9,11,18H2,1-3H3. The lowest BCUT2D eigenvalue weighted by atomic mass is 9.82. The highest BCUT2D eigenvalue weighted by Crippen LogP contribution is 2.40. The molecule has 1 saturated heterocycles. The monoisotopic (exact) mass is 324 g/mol. The van der Waals surface area contributed by atoms with Crippen LogP contribution in [0.25, 0.3) is 0 Å². The van der Waals surface area contributed by atoms with Crippen LogP contribution in [0.5, 0.6) is 0 Å². The number of halogens is 1. The molecule has 1 heterocycles. The predicted octanol–water partition coefficient (Wildman–Crippen LogP) is 4.49. The lowest BCUT2D eigenvalue weighted by molar-refractivity contribution is 0.301. The first-order chi connectivity index (χ1) is 9.01. The Labute approximate surface area is 125 Å². The molecule has 1 aliphatic rings. The molecule has 106 valence electrons. The molecule has 0 spiro atoms. The third-order valence-electron chi connectivity index (χ3n) is 4.78. The zero-order valence-electron chi connectivity index (χ0n) is 12.2. The summed E-state index contributed by atoms with van der Waals surface area (Å²) in [6.07, 6.45) is 3.87. The van der Waals surface area contributed by atoms with Crippen LogP contribution in [0.1, 0.15) is 51.6 Å². The van der Waals surface area contributed by atoms with E-state index in [9.17, 15) is 0 Å². The van der Waals surface area contributed by atoms with Crippen molar-refractivity contribution in [2.24, 2.45) is 11.1 Å². The zero-order chi connectivity index (χ0) is 14.0. The smallest absolute Gasteiger partial charge is 0.0377 e. The summed E-state index contributed by atoms with van der Waals surface area (Å²) >= 11 is 3.65. The van der Waals surface area contributed by atoms with E-state index in [0.29, 0.717) is 5.41 Å². The van der Waals surface area contributed by atoms with Gasteiger partial charge >= 0.3 is 0 Å². The van der Waals surface area contributed by atoms with Gasteiger partial charge in [0, 0.05) is 29.3 Å². The van der Waals surface area contributed by atoms with Crippen LogP contribution in [0.4, 0.5) is 5.69 Å². The Morgan fingerprint density at radius 1 is 1.37 bits per heavy atom. The van der Waals surface area contributed by atoms with Crippen molar-refractivity contribution in [3.05, 3.63) is 28.2 Å². The summed E-state index contributed by atoms with van der Waals surface area (Å²) in [7, 11) is 0. The van der Waals surface area contributed by atoms with Crippen LogP contribution in [-0.4, -0.2) is 13.1 Å². The van der Waals surface area contributed by atoms with Crippen molar-refractivity contribution in [1.29, 1.82) is 0 Å². The predicted molar refractivity (Wildman–Crippen MR) is 86.6 cm³/mol. The van der Waals surface area contributed by atoms with Crippen molar-refractivity contribution in [2.45, 2.75) is 46.1 Å². The quantitative estimate of drug-likeness (QED) is 0.884. The molecule has 1 fully saturated rings. The Bertz CT molecular complexity index is 438. The summed E-state index contributed by atoms with van der Waals surface area (Å²) in [5.74, 6) is 0. The Morgan fingerprint density at radius 3 is 2.53 bits per heavy atom. The van der Waals surface area contributed by atoms with Crippen LogP contribution in [0.3, 0.4) is 0 Å². The maximum atomic E-state index is 5.96. The molecule has 0 amide bonds. The van der Waals surface area contributed by atoms with Crippen LogP contribution >= 0.6 is 15.9 Å². The minimum Gasteiger partial charge on any atom is -0.371 e. The second-order valence-corrected chi connectivity index (χ2v) is 6.73. The molecule has 0 aliphatic carbocycles. The molecule has 1 aliphatic heterocycles. The van der Waals surface area contributed by atoms with Crippen molar-refractivity contribution < 1.29 is 0 Å². The molecule has 1 aromatic rings. The van der Waals surface area contributed by atoms with Crippen molar-refractivity contribution in [1.82, 2.24) is 0 Å². The number of hydrogen-bond donors (Lipinski definition) is 1. The van der Waals surface area contributed by atoms with E-state index in [4.69, 9.17) is 5.73 Å². The van der Waals surface area contributed by atoms with Gasteiger partial charge in [0.2, 0.25) is 0 Å². The molecular formula is C16H25BrN2. The Morgan fingerprint density at radius 2 is 2.05 bits per heavy atom. The average molecular weight is 325 g/mol. The molecule has 3 heteroatoms. The molecule has 2 nitrogen and oxygen atoms in total. The van der Waals surface area contributed by atoms with Crippen molar-refractivity contribution in [3.8, 4) is 0 Å². The van der Waals surface area contributed by atoms with Crippen LogP contribution in [0, 0.1) is 5.41 Å². The number of nitrogens with zero attached hydrogens (tertiary/aromatic N) is 1. The largest absolute Gasteiger partial charge is 0.371 e. The highest BCUT2D eigenvalue weighted by Gasteiger charge is 2.35. The first kappa shape index (κ1) is 14.9. The van der Waals surface area contributed by atoms with E-state index in [1.165, 1.54) is 43.6 Å². The van der Waals surface area contributed by atoms with Gasteiger partial charge < -0.3 is 10.6 Å².